The monoisotopic (exact) mass is 448 g/mol. The van der Waals surface area contributed by atoms with Crippen molar-refractivity contribution >= 4 is 27.8 Å². The van der Waals surface area contributed by atoms with E-state index >= 15 is 0 Å². The highest BCUT2D eigenvalue weighted by Crippen LogP contribution is 2.32. The van der Waals surface area contributed by atoms with Crippen molar-refractivity contribution in [1.29, 1.82) is 5.26 Å². The summed E-state index contributed by atoms with van der Waals surface area (Å²) in [4.78, 5) is 12.4. The van der Waals surface area contributed by atoms with E-state index < -0.39 is 16.0 Å². The highest BCUT2D eigenvalue weighted by Gasteiger charge is 2.19. The van der Waals surface area contributed by atoms with Crippen LogP contribution in [0.15, 0.2) is 89.3 Å². The molecular formula is C24H20N2O5S. The van der Waals surface area contributed by atoms with Gasteiger partial charge in [0.2, 0.25) is 0 Å². The zero-order valence-corrected chi connectivity index (χ0v) is 18.0. The summed E-state index contributed by atoms with van der Waals surface area (Å²) in [7, 11) is -4.05. The highest BCUT2D eigenvalue weighted by molar-refractivity contribution is 7.87. The van der Waals surface area contributed by atoms with E-state index in [-0.39, 0.29) is 28.6 Å². The topological polar surface area (TPSA) is 105 Å². The average Bonchev–Trinajstić information content (AvgIpc) is 2.80. The maximum absolute atomic E-state index is 12.5. The first-order valence-corrected chi connectivity index (χ1v) is 11.1. The zero-order valence-electron chi connectivity index (χ0n) is 17.2. The Hall–Kier alpha value is -4.09. The molecule has 0 atom stereocenters. The molecule has 1 amide bonds. The molecule has 0 aromatic heterocycles. The summed E-state index contributed by atoms with van der Waals surface area (Å²) in [6.07, 6.45) is 1.39. The van der Waals surface area contributed by atoms with Crippen molar-refractivity contribution in [1.82, 2.24) is 0 Å². The normalized spacial score (nSPS) is 11.3. The fourth-order valence-corrected chi connectivity index (χ4v) is 3.70. The van der Waals surface area contributed by atoms with Crippen LogP contribution < -0.4 is 14.2 Å². The Morgan fingerprint density at radius 3 is 2.28 bits per heavy atom. The summed E-state index contributed by atoms with van der Waals surface area (Å²) in [5.74, 6) is -0.398. The third-order valence-corrected chi connectivity index (χ3v) is 5.46. The van der Waals surface area contributed by atoms with Crippen molar-refractivity contribution in [2.24, 2.45) is 0 Å². The van der Waals surface area contributed by atoms with E-state index in [0.29, 0.717) is 11.3 Å². The fraction of sp³-hybridized carbons (Fsp3) is 0.0833. The number of carbonyl (C=O) groups excluding carboxylic acids is 1. The van der Waals surface area contributed by atoms with Gasteiger partial charge in [-0.2, -0.15) is 13.7 Å². The van der Waals surface area contributed by atoms with Gasteiger partial charge >= 0.3 is 10.1 Å². The number of anilines is 1. The molecular weight excluding hydrogens is 428 g/mol. The predicted octanol–water partition coefficient (Wildman–Crippen LogP) is 4.40. The van der Waals surface area contributed by atoms with Crippen LogP contribution in [0.3, 0.4) is 0 Å². The quantitative estimate of drug-likeness (QED) is 0.311. The number of ether oxygens (including phenoxy) is 1. The van der Waals surface area contributed by atoms with Gasteiger partial charge in [0.25, 0.3) is 5.91 Å². The van der Waals surface area contributed by atoms with Gasteiger partial charge in [-0.3, -0.25) is 4.79 Å². The summed E-state index contributed by atoms with van der Waals surface area (Å²) in [6.45, 7) is 2.00. The van der Waals surface area contributed by atoms with Crippen LogP contribution in [0.2, 0.25) is 0 Å². The number of nitriles is 1. The van der Waals surface area contributed by atoms with Crippen LogP contribution in [-0.2, 0) is 14.9 Å². The number of nitrogens with one attached hydrogen (secondary N) is 1. The number of benzene rings is 3. The molecule has 1 N–H and O–H groups in total. The van der Waals surface area contributed by atoms with Gasteiger partial charge in [0.05, 0.1) is 6.61 Å². The Kier molecular flexibility index (Phi) is 7.26. The lowest BCUT2D eigenvalue weighted by molar-refractivity contribution is -0.112. The molecule has 3 aromatic carbocycles. The van der Waals surface area contributed by atoms with Crippen LogP contribution >= 0.6 is 0 Å². The number of rotatable bonds is 8. The van der Waals surface area contributed by atoms with E-state index in [2.05, 4.69) is 5.32 Å². The number of carbonyl (C=O) groups is 1. The van der Waals surface area contributed by atoms with Crippen molar-refractivity contribution in [2.75, 3.05) is 11.9 Å². The molecule has 0 aliphatic carbocycles. The average molecular weight is 449 g/mol. The van der Waals surface area contributed by atoms with E-state index in [1.165, 1.54) is 36.4 Å². The second kappa shape index (κ2) is 10.3. The second-order valence-electron chi connectivity index (χ2n) is 6.48. The lowest BCUT2D eigenvalue weighted by Gasteiger charge is -2.12. The molecule has 32 heavy (non-hydrogen) atoms. The number of hydrogen-bond donors (Lipinski definition) is 1. The molecule has 0 saturated carbocycles. The second-order valence-corrected chi connectivity index (χ2v) is 8.03. The third kappa shape index (κ3) is 5.74. The van der Waals surface area contributed by atoms with Crippen molar-refractivity contribution < 1.29 is 22.1 Å². The van der Waals surface area contributed by atoms with Gasteiger partial charge in [0.15, 0.2) is 11.5 Å². The predicted molar refractivity (Wildman–Crippen MR) is 121 cm³/mol. The molecule has 0 aliphatic rings. The van der Waals surface area contributed by atoms with E-state index in [0.717, 1.165) is 0 Å². The van der Waals surface area contributed by atoms with Crippen molar-refractivity contribution in [3.05, 3.63) is 90.0 Å². The minimum Gasteiger partial charge on any atom is -0.490 e. The first-order chi connectivity index (χ1) is 15.4. The zero-order chi connectivity index (χ0) is 23.0. The number of nitrogens with zero attached hydrogens (tertiary/aromatic N) is 1. The number of hydrogen-bond acceptors (Lipinski definition) is 6. The maximum Gasteiger partial charge on any atom is 0.339 e. The SMILES string of the molecule is CCOc1cc(/C=C(\C#N)C(=O)Nc2ccccc2)ccc1OS(=O)(=O)c1ccccc1. The molecule has 0 aliphatic heterocycles. The van der Waals surface area contributed by atoms with Gasteiger partial charge in [0.1, 0.15) is 16.5 Å². The summed E-state index contributed by atoms with van der Waals surface area (Å²) in [6, 6.07) is 22.8. The minimum atomic E-state index is -4.05. The lowest BCUT2D eigenvalue weighted by Crippen LogP contribution is -2.13. The molecule has 0 radical (unpaired) electrons. The molecule has 0 saturated heterocycles. The maximum atomic E-state index is 12.5. The first kappa shape index (κ1) is 22.6. The molecule has 7 nitrogen and oxygen atoms in total. The first-order valence-electron chi connectivity index (χ1n) is 9.67. The molecule has 3 aromatic rings. The molecule has 162 valence electrons. The molecule has 0 fully saturated rings. The molecule has 8 heteroatoms. The highest BCUT2D eigenvalue weighted by atomic mass is 32.2. The van der Waals surface area contributed by atoms with Gasteiger partial charge in [-0.15, -0.1) is 0 Å². The van der Waals surface area contributed by atoms with Gasteiger partial charge in [-0.25, -0.2) is 0 Å². The molecule has 0 bridgehead atoms. The van der Waals surface area contributed by atoms with Gasteiger partial charge in [-0.1, -0.05) is 42.5 Å². The van der Waals surface area contributed by atoms with Gasteiger partial charge < -0.3 is 14.2 Å². The fourth-order valence-electron chi connectivity index (χ4n) is 2.74. The molecule has 0 unspecified atom stereocenters. The van der Waals surface area contributed by atoms with Crippen LogP contribution in [0.1, 0.15) is 12.5 Å². The summed E-state index contributed by atoms with van der Waals surface area (Å²) in [5.41, 5.74) is 0.906. The van der Waals surface area contributed by atoms with Crippen LogP contribution in [-0.4, -0.2) is 20.9 Å². The molecule has 0 spiro atoms. The minimum absolute atomic E-state index is 0.0000906. The van der Waals surface area contributed by atoms with E-state index in [1.807, 2.05) is 12.1 Å². The Balaban J connectivity index is 1.87. The summed E-state index contributed by atoms with van der Waals surface area (Å²) >= 11 is 0. The number of para-hydroxylation sites is 1. The van der Waals surface area contributed by atoms with Crippen molar-refractivity contribution in [2.45, 2.75) is 11.8 Å². The van der Waals surface area contributed by atoms with Crippen LogP contribution in [0.5, 0.6) is 11.5 Å². The summed E-state index contributed by atoms with van der Waals surface area (Å²) < 4.78 is 35.9. The lowest BCUT2D eigenvalue weighted by atomic mass is 10.1. The Bertz CT molecular complexity index is 1260. The molecule has 3 rings (SSSR count). The Labute approximate surface area is 186 Å². The smallest absolute Gasteiger partial charge is 0.339 e. The van der Waals surface area contributed by atoms with Gasteiger partial charge in [-0.05, 0) is 55.0 Å². The van der Waals surface area contributed by atoms with Crippen LogP contribution in [0.25, 0.3) is 6.08 Å². The van der Waals surface area contributed by atoms with Gasteiger partial charge in [0, 0.05) is 5.69 Å². The van der Waals surface area contributed by atoms with Crippen LogP contribution in [0.4, 0.5) is 5.69 Å². The standard InChI is InChI=1S/C24H20N2O5S/c1-2-30-23-16-18(15-19(17-25)24(27)26-20-9-5-3-6-10-20)13-14-22(23)31-32(28,29)21-11-7-4-8-12-21/h3-16H,2H2,1H3,(H,26,27)/b19-15+. The Morgan fingerprint density at radius 1 is 1.00 bits per heavy atom. The van der Waals surface area contributed by atoms with Crippen molar-refractivity contribution in [3.8, 4) is 17.6 Å². The third-order valence-electron chi connectivity index (χ3n) is 4.21. The molecule has 0 heterocycles. The largest absolute Gasteiger partial charge is 0.490 e. The Morgan fingerprint density at radius 2 is 1.66 bits per heavy atom. The van der Waals surface area contributed by atoms with Crippen LogP contribution in [0, 0.1) is 11.3 Å². The van der Waals surface area contributed by atoms with Crippen molar-refractivity contribution in [3.63, 3.8) is 0 Å². The van der Waals surface area contributed by atoms with E-state index in [1.54, 1.807) is 49.4 Å². The summed E-state index contributed by atoms with van der Waals surface area (Å²) in [5, 5.41) is 12.1. The number of amides is 1. The van der Waals surface area contributed by atoms with E-state index in [4.69, 9.17) is 8.92 Å². The van der Waals surface area contributed by atoms with E-state index in [9.17, 15) is 18.5 Å².